The van der Waals surface area contributed by atoms with Gasteiger partial charge in [-0.05, 0) is 20.3 Å². The van der Waals surface area contributed by atoms with E-state index >= 15 is 0 Å². The SMILES string of the molecule is CCC(C)C(F)(NC(C)C)C(F)F. The Morgan fingerprint density at radius 2 is 1.69 bits per heavy atom. The van der Waals surface area contributed by atoms with Gasteiger partial charge in [0.1, 0.15) is 0 Å². The Hall–Kier alpha value is -0.250. The van der Waals surface area contributed by atoms with E-state index in [4.69, 9.17) is 0 Å². The lowest BCUT2D eigenvalue weighted by atomic mass is 9.96. The van der Waals surface area contributed by atoms with Gasteiger partial charge in [0.25, 0.3) is 6.43 Å². The molecule has 0 aromatic rings. The molecule has 2 atom stereocenters. The van der Waals surface area contributed by atoms with Crippen molar-refractivity contribution in [3.8, 4) is 0 Å². The van der Waals surface area contributed by atoms with Crippen LogP contribution in [0.2, 0.25) is 0 Å². The van der Waals surface area contributed by atoms with Gasteiger partial charge < -0.3 is 0 Å². The van der Waals surface area contributed by atoms with Crippen LogP contribution in [-0.4, -0.2) is 18.3 Å². The third-order valence-electron chi connectivity index (χ3n) is 2.16. The first-order chi connectivity index (χ1) is 5.84. The van der Waals surface area contributed by atoms with Crippen molar-refractivity contribution in [3.05, 3.63) is 0 Å². The van der Waals surface area contributed by atoms with E-state index in [1.165, 1.54) is 6.92 Å². The molecule has 2 unspecified atom stereocenters. The molecule has 0 aromatic carbocycles. The highest BCUT2D eigenvalue weighted by molar-refractivity contribution is 4.85. The number of hydrogen-bond donors (Lipinski definition) is 1. The van der Waals surface area contributed by atoms with Crippen LogP contribution in [0.25, 0.3) is 0 Å². The summed E-state index contributed by atoms with van der Waals surface area (Å²) in [6.07, 6.45) is -2.59. The maximum atomic E-state index is 13.7. The van der Waals surface area contributed by atoms with Crippen LogP contribution in [0.1, 0.15) is 34.1 Å². The van der Waals surface area contributed by atoms with Crippen molar-refractivity contribution in [1.29, 1.82) is 0 Å². The van der Waals surface area contributed by atoms with Crippen LogP contribution < -0.4 is 5.32 Å². The quantitative estimate of drug-likeness (QED) is 0.668. The third kappa shape index (κ3) is 3.18. The lowest BCUT2D eigenvalue weighted by molar-refractivity contribution is -0.0979. The minimum atomic E-state index is -2.98. The van der Waals surface area contributed by atoms with E-state index in [1.807, 2.05) is 0 Å². The molecule has 0 aliphatic rings. The first kappa shape index (κ1) is 12.8. The first-order valence-corrected chi connectivity index (χ1v) is 4.59. The molecule has 0 aliphatic heterocycles. The zero-order chi connectivity index (χ0) is 10.6. The van der Waals surface area contributed by atoms with Gasteiger partial charge in [0, 0.05) is 12.0 Å². The van der Waals surface area contributed by atoms with Gasteiger partial charge in [-0.3, -0.25) is 5.32 Å². The Bertz CT molecular complexity index is 150. The van der Waals surface area contributed by atoms with Gasteiger partial charge in [-0.25, -0.2) is 13.2 Å². The van der Waals surface area contributed by atoms with Crippen LogP contribution in [0.15, 0.2) is 0 Å². The Kier molecular flexibility index (Phi) is 4.75. The van der Waals surface area contributed by atoms with Gasteiger partial charge in [-0.2, -0.15) is 0 Å². The van der Waals surface area contributed by atoms with Gasteiger partial charge in [-0.15, -0.1) is 0 Å². The van der Waals surface area contributed by atoms with Crippen molar-refractivity contribution < 1.29 is 13.2 Å². The summed E-state index contributed by atoms with van der Waals surface area (Å²) in [4.78, 5) is 0. The largest absolute Gasteiger partial charge is 0.285 e. The summed E-state index contributed by atoms with van der Waals surface area (Å²) < 4.78 is 38.6. The predicted molar refractivity (Wildman–Crippen MR) is 47.6 cm³/mol. The van der Waals surface area contributed by atoms with Gasteiger partial charge in [0.05, 0.1) is 0 Å². The Morgan fingerprint density at radius 1 is 1.23 bits per heavy atom. The van der Waals surface area contributed by atoms with Crippen LogP contribution >= 0.6 is 0 Å². The van der Waals surface area contributed by atoms with E-state index in [-0.39, 0.29) is 6.04 Å². The second-order valence-electron chi connectivity index (χ2n) is 3.68. The molecule has 80 valence electrons. The van der Waals surface area contributed by atoms with E-state index in [0.717, 1.165) is 0 Å². The van der Waals surface area contributed by atoms with Crippen LogP contribution in [0, 0.1) is 5.92 Å². The fourth-order valence-electron chi connectivity index (χ4n) is 1.16. The molecule has 0 saturated heterocycles. The summed E-state index contributed by atoms with van der Waals surface area (Å²) in [6.45, 7) is 6.49. The lowest BCUT2D eigenvalue weighted by Gasteiger charge is -2.32. The number of hydrogen-bond acceptors (Lipinski definition) is 1. The summed E-state index contributed by atoms with van der Waals surface area (Å²) >= 11 is 0. The maximum absolute atomic E-state index is 13.7. The maximum Gasteiger partial charge on any atom is 0.285 e. The van der Waals surface area contributed by atoms with E-state index in [2.05, 4.69) is 5.32 Å². The highest BCUT2D eigenvalue weighted by Gasteiger charge is 2.44. The molecular weight excluding hydrogens is 179 g/mol. The smallest absolute Gasteiger partial charge is 0.278 e. The molecule has 0 fully saturated rings. The van der Waals surface area contributed by atoms with E-state index in [9.17, 15) is 13.2 Å². The third-order valence-corrected chi connectivity index (χ3v) is 2.16. The summed E-state index contributed by atoms with van der Waals surface area (Å²) in [5.74, 6) is -3.24. The van der Waals surface area contributed by atoms with Crippen molar-refractivity contribution in [2.45, 2.75) is 52.4 Å². The van der Waals surface area contributed by atoms with Crippen LogP contribution in [0.4, 0.5) is 13.2 Å². The van der Waals surface area contributed by atoms with Crippen molar-refractivity contribution in [2.75, 3.05) is 0 Å². The monoisotopic (exact) mass is 197 g/mol. The van der Waals surface area contributed by atoms with Crippen molar-refractivity contribution >= 4 is 0 Å². The highest BCUT2D eigenvalue weighted by atomic mass is 19.3. The molecule has 0 heterocycles. The van der Waals surface area contributed by atoms with Gasteiger partial charge in [-0.1, -0.05) is 13.8 Å². The zero-order valence-electron chi connectivity index (χ0n) is 8.57. The number of alkyl halides is 3. The van der Waals surface area contributed by atoms with E-state index in [1.54, 1.807) is 20.8 Å². The van der Waals surface area contributed by atoms with Crippen LogP contribution in [0.3, 0.4) is 0 Å². The zero-order valence-corrected chi connectivity index (χ0v) is 8.57. The number of rotatable bonds is 5. The first-order valence-electron chi connectivity index (χ1n) is 4.59. The minimum Gasteiger partial charge on any atom is -0.278 e. The molecule has 0 rings (SSSR count). The molecule has 0 spiro atoms. The minimum absolute atomic E-state index is 0.284. The molecule has 0 amide bonds. The summed E-state index contributed by atoms with van der Waals surface area (Å²) in [6, 6.07) is -0.284. The molecule has 0 aliphatic carbocycles. The Labute approximate surface area is 77.7 Å². The summed E-state index contributed by atoms with van der Waals surface area (Å²) in [7, 11) is 0. The van der Waals surface area contributed by atoms with Crippen molar-refractivity contribution in [3.63, 3.8) is 0 Å². The fourth-order valence-corrected chi connectivity index (χ4v) is 1.16. The van der Waals surface area contributed by atoms with Crippen molar-refractivity contribution in [1.82, 2.24) is 5.32 Å². The molecular formula is C9H18F3N. The standard InChI is InChI=1S/C9H18F3N/c1-5-7(4)9(12,8(10)11)13-6(2)3/h6-8,13H,5H2,1-4H3. The molecule has 0 radical (unpaired) electrons. The number of nitrogens with one attached hydrogen (secondary N) is 1. The van der Waals surface area contributed by atoms with Crippen molar-refractivity contribution in [2.24, 2.45) is 5.92 Å². The second kappa shape index (κ2) is 4.84. The second-order valence-corrected chi connectivity index (χ2v) is 3.68. The molecule has 0 aromatic heterocycles. The predicted octanol–water partition coefficient (Wildman–Crippen LogP) is 2.96. The molecule has 0 saturated carbocycles. The number of halogens is 3. The van der Waals surface area contributed by atoms with E-state index in [0.29, 0.717) is 6.42 Å². The summed E-state index contributed by atoms with van der Waals surface area (Å²) in [5, 5.41) is 2.29. The Morgan fingerprint density at radius 3 is 1.92 bits per heavy atom. The van der Waals surface area contributed by atoms with Crippen LogP contribution in [0.5, 0.6) is 0 Å². The molecule has 1 nitrogen and oxygen atoms in total. The van der Waals surface area contributed by atoms with E-state index < -0.39 is 18.1 Å². The van der Waals surface area contributed by atoms with Crippen LogP contribution in [-0.2, 0) is 0 Å². The molecule has 4 heteroatoms. The fraction of sp³-hybridized carbons (Fsp3) is 1.00. The molecule has 0 bridgehead atoms. The van der Waals surface area contributed by atoms with Gasteiger partial charge in [0.15, 0.2) is 0 Å². The average Bonchev–Trinajstić information content (AvgIpc) is 2.01. The average molecular weight is 197 g/mol. The lowest BCUT2D eigenvalue weighted by Crippen LogP contribution is -2.54. The topological polar surface area (TPSA) is 12.0 Å². The highest BCUT2D eigenvalue weighted by Crippen LogP contribution is 2.29. The van der Waals surface area contributed by atoms with Gasteiger partial charge in [0.2, 0.25) is 5.79 Å². The van der Waals surface area contributed by atoms with Gasteiger partial charge >= 0.3 is 0 Å². The summed E-state index contributed by atoms with van der Waals surface area (Å²) in [5.41, 5.74) is 0. The normalized spacial score (nSPS) is 19.2. The molecule has 13 heavy (non-hydrogen) atoms. The molecule has 1 N–H and O–H groups in total. The Balaban J connectivity index is 4.52.